The number of amides is 1. The summed E-state index contributed by atoms with van der Waals surface area (Å²) >= 11 is 6.27. The summed E-state index contributed by atoms with van der Waals surface area (Å²) in [5.74, 6) is 0.538. The van der Waals surface area contributed by atoms with Gasteiger partial charge in [0, 0.05) is 19.2 Å². The van der Waals surface area contributed by atoms with E-state index in [1.165, 1.54) is 12.3 Å². The second kappa shape index (κ2) is 8.07. The quantitative estimate of drug-likeness (QED) is 0.558. The highest BCUT2D eigenvalue weighted by atomic mass is 35.5. The monoisotopic (exact) mass is 389 g/mol. The van der Waals surface area contributed by atoms with Gasteiger partial charge in [-0.25, -0.2) is 10.5 Å². The van der Waals surface area contributed by atoms with Gasteiger partial charge in [-0.3, -0.25) is 14.3 Å². The summed E-state index contributed by atoms with van der Waals surface area (Å²) in [5.41, 5.74) is 3.84. The normalized spacial score (nSPS) is 12.6. The third-order valence-corrected chi connectivity index (χ3v) is 4.00. The minimum Gasteiger partial charge on any atom is -0.353 e. The van der Waals surface area contributed by atoms with E-state index in [4.69, 9.17) is 15.7 Å². The molecule has 0 saturated heterocycles. The topological polar surface area (TPSA) is 93.1 Å². The Morgan fingerprint density at radius 1 is 1.26 bits per heavy atom. The fourth-order valence-corrected chi connectivity index (χ4v) is 2.65. The number of nitrogens with one attached hydrogen (secondary N) is 3. The van der Waals surface area contributed by atoms with E-state index in [0.29, 0.717) is 22.2 Å². The first-order valence-corrected chi connectivity index (χ1v) is 8.28. The predicted molar refractivity (Wildman–Crippen MR) is 105 cm³/mol. The van der Waals surface area contributed by atoms with Crippen LogP contribution in [0.1, 0.15) is 20.2 Å². The molecule has 8 nitrogen and oxygen atoms in total. The van der Waals surface area contributed by atoms with Gasteiger partial charge >= 0.3 is 0 Å². The van der Waals surface area contributed by atoms with Crippen LogP contribution in [0.3, 0.4) is 0 Å². The molecule has 3 aromatic rings. The summed E-state index contributed by atoms with van der Waals surface area (Å²) in [5, 5.41) is 10.8. The van der Waals surface area contributed by atoms with Crippen molar-refractivity contribution in [2.24, 2.45) is 7.05 Å². The molecule has 0 saturated carbocycles. The highest BCUT2D eigenvalue weighted by Gasteiger charge is 2.13. The van der Waals surface area contributed by atoms with Crippen molar-refractivity contribution in [3.8, 4) is 0 Å². The zero-order valence-electron chi connectivity index (χ0n) is 17.6. The Kier molecular flexibility index (Phi) is 4.48. The standard InChI is InChI=1S/C18H19ClN6O2/c1-11-8-17(25(2)23-11)22-16-9-15(13(19)10-20-16)21-14-7-5-4-6-12(14)18(26)24-27-3/h4-10H,1-3H3,(H,24,26)(H2,20,21,22)/i3D3. The van der Waals surface area contributed by atoms with Crippen molar-refractivity contribution in [3.05, 3.63) is 58.9 Å². The van der Waals surface area contributed by atoms with Gasteiger partial charge in [-0.1, -0.05) is 23.7 Å². The van der Waals surface area contributed by atoms with E-state index in [2.05, 4.69) is 25.6 Å². The highest BCUT2D eigenvalue weighted by molar-refractivity contribution is 6.33. The molecule has 0 spiro atoms. The molecule has 2 aromatic heterocycles. The van der Waals surface area contributed by atoms with Crippen molar-refractivity contribution in [1.82, 2.24) is 20.2 Å². The number of aryl methyl sites for hydroxylation is 2. The lowest BCUT2D eigenvalue weighted by atomic mass is 10.1. The number of carbonyl (C=O) groups excluding carboxylic acids is 1. The van der Waals surface area contributed by atoms with Crippen LogP contribution in [-0.4, -0.2) is 27.7 Å². The van der Waals surface area contributed by atoms with E-state index in [9.17, 15) is 4.79 Å². The number of anilines is 4. The van der Waals surface area contributed by atoms with Gasteiger partial charge in [-0.2, -0.15) is 5.10 Å². The number of benzene rings is 1. The van der Waals surface area contributed by atoms with Gasteiger partial charge in [0.1, 0.15) is 11.6 Å². The van der Waals surface area contributed by atoms with Gasteiger partial charge in [-0.15, -0.1) is 0 Å². The van der Waals surface area contributed by atoms with Crippen molar-refractivity contribution in [3.63, 3.8) is 0 Å². The van der Waals surface area contributed by atoms with Crippen molar-refractivity contribution in [1.29, 1.82) is 0 Å². The molecule has 0 radical (unpaired) electrons. The number of nitrogens with zero attached hydrogens (tertiary/aromatic N) is 3. The second-order valence-electron chi connectivity index (χ2n) is 5.67. The lowest BCUT2D eigenvalue weighted by Crippen LogP contribution is -2.22. The van der Waals surface area contributed by atoms with Crippen LogP contribution in [0, 0.1) is 6.92 Å². The maximum Gasteiger partial charge on any atom is 0.276 e. The van der Waals surface area contributed by atoms with Gasteiger partial charge in [0.25, 0.3) is 5.91 Å². The lowest BCUT2D eigenvalue weighted by Gasteiger charge is -2.14. The molecule has 27 heavy (non-hydrogen) atoms. The number of hydrogen-bond acceptors (Lipinski definition) is 6. The van der Waals surface area contributed by atoms with E-state index < -0.39 is 12.9 Å². The molecule has 3 rings (SSSR count). The summed E-state index contributed by atoms with van der Waals surface area (Å²) in [6.45, 7) is 1.88. The first-order chi connectivity index (χ1) is 14.1. The molecule has 0 fully saturated rings. The van der Waals surface area contributed by atoms with Crippen molar-refractivity contribution in [2.75, 3.05) is 17.7 Å². The van der Waals surface area contributed by atoms with E-state index in [-0.39, 0.29) is 5.56 Å². The van der Waals surface area contributed by atoms with E-state index in [1.54, 1.807) is 36.0 Å². The summed E-state index contributed by atoms with van der Waals surface area (Å²) in [6, 6.07) is 10.1. The molecule has 1 aromatic carbocycles. The van der Waals surface area contributed by atoms with Crippen molar-refractivity contribution < 1.29 is 13.7 Å². The maximum absolute atomic E-state index is 12.3. The third-order valence-electron chi connectivity index (χ3n) is 3.70. The number of hydrogen-bond donors (Lipinski definition) is 3. The summed E-state index contributed by atoms with van der Waals surface area (Å²) in [7, 11) is -0.947. The Morgan fingerprint density at radius 3 is 2.81 bits per heavy atom. The second-order valence-corrected chi connectivity index (χ2v) is 6.08. The molecule has 2 heterocycles. The fraction of sp³-hybridized carbons (Fsp3) is 0.167. The number of pyridine rings is 1. The number of rotatable bonds is 6. The molecule has 0 unspecified atom stereocenters. The Labute approximate surface area is 165 Å². The van der Waals surface area contributed by atoms with Gasteiger partial charge in [0.15, 0.2) is 0 Å². The van der Waals surface area contributed by atoms with Crippen LogP contribution in [0.15, 0.2) is 42.6 Å². The number of carbonyl (C=O) groups is 1. The molecule has 3 N–H and O–H groups in total. The van der Waals surface area contributed by atoms with E-state index >= 15 is 0 Å². The molecular weight excluding hydrogens is 368 g/mol. The number of halogens is 1. The average Bonchev–Trinajstić information content (AvgIpc) is 2.99. The minimum atomic E-state index is -2.75. The van der Waals surface area contributed by atoms with Crippen LogP contribution >= 0.6 is 11.6 Å². The van der Waals surface area contributed by atoms with Crippen LogP contribution in [0.2, 0.25) is 5.02 Å². The first kappa shape index (κ1) is 15.0. The zero-order chi connectivity index (χ0) is 21.9. The molecule has 9 heteroatoms. The van der Waals surface area contributed by atoms with Crippen LogP contribution < -0.4 is 16.1 Å². The summed E-state index contributed by atoms with van der Waals surface area (Å²) < 4.78 is 22.8. The average molecular weight is 390 g/mol. The van der Waals surface area contributed by atoms with E-state index in [0.717, 1.165) is 11.5 Å². The highest BCUT2D eigenvalue weighted by Crippen LogP contribution is 2.29. The smallest absolute Gasteiger partial charge is 0.276 e. The van der Waals surface area contributed by atoms with Crippen molar-refractivity contribution in [2.45, 2.75) is 6.92 Å². The molecule has 140 valence electrons. The summed E-state index contributed by atoms with van der Waals surface area (Å²) in [6.07, 6.45) is 1.47. The van der Waals surface area contributed by atoms with Crippen LogP contribution in [-0.2, 0) is 11.9 Å². The third kappa shape index (κ3) is 4.36. The maximum atomic E-state index is 12.3. The van der Waals surface area contributed by atoms with Crippen LogP contribution in [0.25, 0.3) is 0 Å². The molecule has 0 aliphatic rings. The largest absolute Gasteiger partial charge is 0.353 e. The molecule has 0 aliphatic heterocycles. The van der Waals surface area contributed by atoms with E-state index in [1.807, 2.05) is 18.5 Å². The van der Waals surface area contributed by atoms with Gasteiger partial charge in [0.05, 0.1) is 45.0 Å². The Hall–Kier alpha value is -3.10. The Morgan fingerprint density at radius 2 is 2.07 bits per heavy atom. The first-order valence-electron chi connectivity index (χ1n) is 9.40. The molecule has 1 amide bonds. The fourth-order valence-electron chi connectivity index (χ4n) is 2.50. The van der Waals surface area contributed by atoms with Crippen LogP contribution in [0.4, 0.5) is 23.0 Å². The van der Waals surface area contributed by atoms with Crippen molar-refractivity contribution >= 4 is 40.5 Å². The predicted octanol–water partition coefficient (Wildman–Crippen LogP) is 3.56. The van der Waals surface area contributed by atoms with Gasteiger partial charge in [-0.05, 0) is 19.1 Å². The Balaban J connectivity index is 1.83. The van der Waals surface area contributed by atoms with Gasteiger partial charge in [0.2, 0.25) is 0 Å². The molecule has 0 atom stereocenters. The minimum absolute atomic E-state index is 0.173. The van der Waals surface area contributed by atoms with Gasteiger partial charge < -0.3 is 10.6 Å². The summed E-state index contributed by atoms with van der Waals surface area (Å²) in [4.78, 5) is 21.0. The molecule has 0 aliphatic carbocycles. The number of aromatic nitrogens is 3. The van der Waals surface area contributed by atoms with Crippen LogP contribution in [0.5, 0.6) is 0 Å². The lowest BCUT2D eigenvalue weighted by molar-refractivity contribution is 0.0538. The SMILES string of the molecule is [2H]C([2H])([2H])ONC(=O)c1ccccc1Nc1cc(Nc2cc(C)nn2C)ncc1Cl. The molecule has 0 bridgehead atoms. The number of para-hydroxylation sites is 1. The Bertz CT molecular complexity index is 1070. The number of hydroxylamine groups is 1. The zero-order valence-corrected chi connectivity index (χ0v) is 15.3. The molecular formula is C18H19ClN6O2.